The van der Waals surface area contributed by atoms with Gasteiger partial charge in [0.1, 0.15) is 5.82 Å². The Morgan fingerprint density at radius 2 is 2.13 bits per heavy atom. The molecule has 0 bridgehead atoms. The summed E-state index contributed by atoms with van der Waals surface area (Å²) in [5.74, 6) is -1.25. The SMILES string of the molecule is CC(C)(CC(=O)O)c1cc(F)ccc1Br. The highest BCUT2D eigenvalue weighted by molar-refractivity contribution is 9.10. The van der Waals surface area contributed by atoms with Crippen LogP contribution < -0.4 is 0 Å². The molecule has 0 aliphatic rings. The predicted octanol–water partition coefficient (Wildman–Crippen LogP) is 3.34. The smallest absolute Gasteiger partial charge is 0.304 e. The van der Waals surface area contributed by atoms with Gasteiger partial charge in [0.2, 0.25) is 0 Å². The molecule has 0 fully saturated rings. The van der Waals surface area contributed by atoms with Gasteiger partial charge >= 0.3 is 5.97 Å². The number of benzene rings is 1. The van der Waals surface area contributed by atoms with Gasteiger partial charge in [0.05, 0.1) is 6.42 Å². The lowest BCUT2D eigenvalue weighted by molar-refractivity contribution is -0.138. The number of aliphatic carboxylic acids is 1. The second-order valence-corrected chi connectivity index (χ2v) is 4.93. The Hall–Kier alpha value is -0.900. The van der Waals surface area contributed by atoms with Crippen LogP contribution in [0.25, 0.3) is 0 Å². The Labute approximate surface area is 96.2 Å². The topological polar surface area (TPSA) is 37.3 Å². The first-order chi connectivity index (χ1) is 6.83. The minimum atomic E-state index is -0.892. The predicted molar refractivity (Wildman–Crippen MR) is 59.4 cm³/mol. The molecule has 0 spiro atoms. The largest absolute Gasteiger partial charge is 0.481 e. The van der Waals surface area contributed by atoms with E-state index in [0.29, 0.717) is 5.56 Å². The van der Waals surface area contributed by atoms with Gasteiger partial charge in [-0.15, -0.1) is 0 Å². The second kappa shape index (κ2) is 4.31. The van der Waals surface area contributed by atoms with E-state index < -0.39 is 11.4 Å². The number of halogens is 2. The number of hydrogen-bond donors (Lipinski definition) is 1. The third-order valence-corrected chi connectivity index (χ3v) is 2.94. The van der Waals surface area contributed by atoms with Gasteiger partial charge < -0.3 is 5.11 Å². The number of carboxylic acid groups (broad SMARTS) is 1. The Morgan fingerprint density at radius 1 is 1.53 bits per heavy atom. The summed E-state index contributed by atoms with van der Waals surface area (Å²) in [5, 5.41) is 8.76. The highest BCUT2D eigenvalue weighted by Crippen LogP contribution is 2.33. The highest BCUT2D eigenvalue weighted by atomic mass is 79.9. The molecule has 0 unspecified atom stereocenters. The molecule has 0 aliphatic carbocycles. The number of carbonyl (C=O) groups is 1. The van der Waals surface area contributed by atoms with Gasteiger partial charge in [0.15, 0.2) is 0 Å². The van der Waals surface area contributed by atoms with Crippen LogP contribution in [0.15, 0.2) is 22.7 Å². The standard InChI is InChI=1S/C11H12BrFO2/c1-11(2,6-10(14)15)8-5-7(13)3-4-9(8)12/h3-5H,6H2,1-2H3,(H,14,15). The average molecular weight is 275 g/mol. The van der Waals surface area contributed by atoms with Crippen molar-refractivity contribution in [3.63, 3.8) is 0 Å². The summed E-state index contributed by atoms with van der Waals surface area (Å²) in [6, 6.07) is 4.30. The molecule has 1 rings (SSSR count). The number of hydrogen-bond acceptors (Lipinski definition) is 1. The molecular weight excluding hydrogens is 263 g/mol. The van der Waals surface area contributed by atoms with E-state index in [2.05, 4.69) is 15.9 Å². The van der Waals surface area contributed by atoms with Crippen LogP contribution >= 0.6 is 15.9 Å². The van der Waals surface area contributed by atoms with Crippen LogP contribution in [0.5, 0.6) is 0 Å². The lowest BCUT2D eigenvalue weighted by Gasteiger charge is -2.24. The van der Waals surface area contributed by atoms with Crippen molar-refractivity contribution < 1.29 is 14.3 Å². The maximum absolute atomic E-state index is 13.0. The van der Waals surface area contributed by atoms with Crippen molar-refractivity contribution in [1.82, 2.24) is 0 Å². The van der Waals surface area contributed by atoms with Crippen LogP contribution in [0.4, 0.5) is 4.39 Å². The molecule has 82 valence electrons. The zero-order valence-corrected chi connectivity index (χ0v) is 10.1. The molecule has 0 atom stereocenters. The van der Waals surface area contributed by atoms with Gasteiger partial charge in [0, 0.05) is 9.89 Å². The monoisotopic (exact) mass is 274 g/mol. The van der Waals surface area contributed by atoms with E-state index in [0.717, 1.165) is 4.47 Å². The first-order valence-electron chi connectivity index (χ1n) is 4.50. The summed E-state index contributed by atoms with van der Waals surface area (Å²) >= 11 is 3.30. The van der Waals surface area contributed by atoms with Crippen molar-refractivity contribution in [3.05, 3.63) is 34.1 Å². The molecule has 1 aromatic rings. The van der Waals surface area contributed by atoms with Gasteiger partial charge in [-0.3, -0.25) is 4.79 Å². The zero-order chi connectivity index (χ0) is 11.6. The molecule has 4 heteroatoms. The lowest BCUT2D eigenvalue weighted by atomic mass is 9.81. The fourth-order valence-corrected chi connectivity index (χ4v) is 2.27. The van der Waals surface area contributed by atoms with Crippen LogP contribution in [0, 0.1) is 5.82 Å². The minimum Gasteiger partial charge on any atom is -0.481 e. The van der Waals surface area contributed by atoms with E-state index in [9.17, 15) is 9.18 Å². The van der Waals surface area contributed by atoms with Gasteiger partial charge in [-0.05, 0) is 23.8 Å². The van der Waals surface area contributed by atoms with Crippen molar-refractivity contribution in [2.45, 2.75) is 25.7 Å². The molecule has 0 amide bonds. The normalized spacial score (nSPS) is 11.5. The molecule has 0 radical (unpaired) electrons. The Kier molecular flexibility index (Phi) is 3.50. The van der Waals surface area contributed by atoms with Crippen LogP contribution in [0.2, 0.25) is 0 Å². The van der Waals surface area contributed by atoms with E-state index in [-0.39, 0.29) is 12.2 Å². The fourth-order valence-electron chi connectivity index (χ4n) is 1.49. The third kappa shape index (κ3) is 3.02. The van der Waals surface area contributed by atoms with Crippen molar-refractivity contribution in [3.8, 4) is 0 Å². The Balaban J connectivity index is 3.13. The molecule has 0 saturated heterocycles. The first kappa shape index (κ1) is 12.2. The molecule has 0 saturated carbocycles. The molecule has 1 aromatic carbocycles. The molecule has 2 nitrogen and oxygen atoms in total. The molecule has 1 N–H and O–H groups in total. The Bertz CT molecular complexity index is 388. The molecule has 0 heterocycles. The van der Waals surface area contributed by atoms with Crippen molar-refractivity contribution in [1.29, 1.82) is 0 Å². The van der Waals surface area contributed by atoms with Crippen LogP contribution in [-0.4, -0.2) is 11.1 Å². The fraction of sp³-hybridized carbons (Fsp3) is 0.364. The minimum absolute atomic E-state index is 0.0327. The lowest BCUT2D eigenvalue weighted by Crippen LogP contribution is -2.22. The first-order valence-corrected chi connectivity index (χ1v) is 5.29. The van der Waals surface area contributed by atoms with E-state index >= 15 is 0 Å². The maximum atomic E-state index is 13.0. The zero-order valence-electron chi connectivity index (χ0n) is 8.55. The summed E-state index contributed by atoms with van der Waals surface area (Å²) in [6.45, 7) is 3.56. The molecular formula is C11H12BrFO2. The number of carboxylic acids is 1. The van der Waals surface area contributed by atoms with Crippen LogP contribution in [0.3, 0.4) is 0 Å². The molecule has 15 heavy (non-hydrogen) atoms. The van der Waals surface area contributed by atoms with Crippen molar-refractivity contribution >= 4 is 21.9 Å². The second-order valence-electron chi connectivity index (χ2n) is 4.08. The Morgan fingerprint density at radius 3 is 2.67 bits per heavy atom. The summed E-state index contributed by atoms with van der Waals surface area (Å²) in [6.07, 6.45) is -0.0327. The quantitative estimate of drug-likeness (QED) is 0.918. The highest BCUT2D eigenvalue weighted by Gasteiger charge is 2.26. The van der Waals surface area contributed by atoms with E-state index in [1.54, 1.807) is 19.9 Å². The van der Waals surface area contributed by atoms with Crippen molar-refractivity contribution in [2.75, 3.05) is 0 Å². The van der Waals surface area contributed by atoms with Crippen LogP contribution in [0.1, 0.15) is 25.8 Å². The summed E-state index contributed by atoms with van der Waals surface area (Å²) < 4.78 is 13.8. The van der Waals surface area contributed by atoms with Gasteiger partial charge in [-0.2, -0.15) is 0 Å². The average Bonchev–Trinajstić information content (AvgIpc) is 2.06. The summed E-state index contributed by atoms with van der Waals surface area (Å²) in [4.78, 5) is 10.7. The molecule has 0 aliphatic heterocycles. The molecule has 0 aromatic heterocycles. The number of rotatable bonds is 3. The van der Waals surface area contributed by atoms with E-state index in [1.165, 1.54) is 12.1 Å². The van der Waals surface area contributed by atoms with Gasteiger partial charge in [-0.25, -0.2) is 4.39 Å². The van der Waals surface area contributed by atoms with E-state index in [1.807, 2.05) is 0 Å². The third-order valence-electron chi connectivity index (χ3n) is 2.25. The summed E-state index contributed by atoms with van der Waals surface area (Å²) in [5.41, 5.74) is 0.0807. The summed E-state index contributed by atoms with van der Waals surface area (Å²) in [7, 11) is 0. The van der Waals surface area contributed by atoms with E-state index in [4.69, 9.17) is 5.11 Å². The van der Waals surface area contributed by atoms with Gasteiger partial charge in [0.25, 0.3) is 0 Å². The van der Waals surface area contributed by atoms with Crippen molar-refractivity contribution in [2.24, 2.45) is 0 Å². The van der Waals surface area contributed by atoms with Crippen LogP contribution in [-0.2, 0) is 10.2 Å². The maximum Gasteiger partial charge on any atom is 0.304 e. The van der Waals surface area contributed by atoms with Gasteiger partial charge in [-0.1, -0.05) is 29.8 Å².